The molecule has 2 aromatic carbocycles. The Balaban J connectivity index is 1.90. The fourth-order valence-corrected chi connectivity index (χ4v) is 4.82. The van der Waals surface area contributed by atoms with Gasteiger partial charge in [0, 0.05) is 5.56 Å². The average molecular weight is 477 g/mol. The standard InChI is InChI=1S/C26H24N2O5S/c1-5-33-25(32)23-16(4)27-26(34-23)28-20(17-10-6-14(2)7-11-17)19(22(30)24(28)31)21(29)18-12-8-15(3)9-13-18/h6-13,20,29H,5H2,1-4H3/b21-19+. The van der Waals surface area contributed by atoms with Crippen LogP contribution in [0.5, 0.6) is 0 Å². The van der Waals surface area contributed by atoms with Crippen LogP contribution in [0.3, 0.4) is 0 Å². The molecule has 0 spiro atoms. The molecule has 1 unspecified atom stereocenters. The normalized spacial score (nSPS) is 17.3. The Morgan fingerprint density at radius 2 is 1.62 bits per heavy atom. The van der Waals surface area contributed by atoms with Crippen molar-refractivity contribution >= 4 is 39.9 Å². The highest BCUT2D eigenvalue weighted by Gasteiger charge is 2.48. The molecule has 8 heteroatoms. The largest absolute Gasteiger partial charge is 0.507 e. The van der Waals surface area contributed by atoms with Gasteiger partial charge >= 0.3 is 11.9 Å². The highest BCUT2D eigenvalue weighted by molar-refractivity contribution is 7.17. The monoisotopic (exact) mass is 476 g/mol. The first-order chi connectivity index (χ1) is 16.2. The van der Waals surface area contributed by atoms with Crippen LogP contribution in [0, 0.1) is 20.8 Å². The summed E-state index contributed by atoms with van der Waals surface area (Å²) in [4.78, 5) is 44.8. The van der Waals surface area contributed by atoms with Crippen molar-refractivity contribution in [3.05, 3.63) is 86.9 Å². The molecular weight excluding hydrogens is 452 g/mol. The van der Waals surface area contributed by atoms with Gasteiger partial charge in [-0.3, -0.25) is 14.5 Å². The van der Waals surface area contributed by atoms with Crippen LogP contribution in [0.4, 0.5) is 5.13 Å². The lowest BCUT2D eigenvalue weighted by molar-refractivity contribution is -0.132. The van der Waals surface area contributed by atoms with Crippen LogP contribution in [0.15, 0.2) is 54.1 Å². The van der Waals surface area contributed by atoms with E-state index in [1.54, 1.807) is 26.0 Å². The number of anilines is 1. The second-order valence-corrected chi connectivity index (χ2v) is 9.05. The Morgan fingerprint density at radius 3 is 2.21 bits per heavy atom. The first kappa shape index (κ1) is 23.4. The number of aryl methyl sites for hydroxylation is 3. The maximum atomic E-state index is 13.3. The van der Waals surface area contributed by atoms with Crippen molar-refractivity contribution in [3.8, 4) is 0 Å². The second kappa shape index (κ2) is 9.23. The summed E-state index contributed by atoms with van der Waals surface area (Å²) < 4.78 is 5.10. The maximum Gasteiger partial charge on any atom is 0.350 e. The van der Waals surface area contributed by atoms with Crippen LogP contribution in [-0.2, 0) is 14.3 Å². The molecule has 7 nitrogen and oxygen atoms in total. The molecule has 1 fully saturated rings. The van der Waals surface area contributed by atoms with Gasteiger partial charge in [0.1, 0.15) is 10.6 Å². The predicted octanol–water partition coefficient (Wildman–Crippen LogP) is 4.87. The smallest absolute Gasteiger partial charge is 0.350 e. The van der Waals surface area contributed by atoms with Crippen molar-refractivity contribution in [1.29, 1.82) is 0 Å². The van der Waals surface area contributed by atoms with Crippen LogP contribution in [0.25, 0.3) is 5.76 Å². The summed E-state index contributed by atoms with van der Waals surface area (Å²) in [6.07, 6.45) is 0. The Kier molecular flexibility index (Phi) is 6.34. The Hall–Kier alpha value is -3.78. The minimum absolute atomic E-state index is 0.0248. The molecule has 0 aliphatic carbocycles. The van der Waals surface area contributed by atoms with Gasteiger partial charge in [-0.25, -0.2) is 9.78 Å². The van der Waals surface area contributed by atoms with E-state index in [9.17, 15) is 19.5 Å². The van der Waals surface area contributed by atoms with E-state index in [4.69, 9.17) is 4.74 Å². The molecular formula is C26H24N2O5S. The molecule has 1 atom stereocenters. The van der Waals surface area contributed by atoms with E-state index in [1.807, 2.05) is 50.2 Å². The van der Waals surface area contributed by atoms with Gasteiger partial charge in [0.05, 0.1) is 23.9 Å². The summed E-state index contributed by atoms with van der Waals surface area (Å²) >= 11 is 0.987. The predicted molar refractivity (Wildman–Crippen MR) is 130 cm³/mol. The lowest BCUT2D eigenvalue weighted by Crippen LogP contribution is -2.29. The number of nitrogens with zero attached hydrogens (tertiary/aromatic N) is 2. The van der Waals surface area contributed by atoms with Crippen molar-refractivity contribution in [3.63, 3.8) is 0 Å². The third-order valence-corrected chi connectivity index (χ3v) is 6.75. The van der Waals surface area contributed by atoms with Crippen molar-refractivity contribution < 1.29 is 24.2 Å². The van der Waals surface area contributed by atoms with Crippen molar-refractivity contribution in [2.75, 3.05) is 11.5 Å². The molecule has 1 aliphatic heterocycles. The highest BCUT2D eigenvalue weighted by atomic mass is 32.1. The minimum Gasteiger partial charge on any atom is -0.507 e. The van der Waals surface area contributed by atoms with Crippen LogP contribution in [0.1, 0.15) is 50.6 Å². The van der Waals surface area contributed by atoms with E-state index >= 15 is 0 Å². The summed E-state index contributed by atoms with van der Waals surface area (Å²) in [5.41, 5.74) is 3.46. The molecule has 0 radical (unpaired) electrons. The molecule has 4 rings (SSSR count). The van der Waals surface area contributed by atoms with Gasteiger partial charge in [0.2, 0.25) is 0 Å². The number of aromatic nitrogens is 1. The fourth-order valence-electron chi connectivity index (χ4n) is 3.83. The summed E-state index contributed by atoms with van der Waals surface area (Å²) in [6.45, 7) is 7.41. The topological polar surface area (TPSA) is 96.8 Å². The van der Waals surface area contributed by atoms with Crippen molar-refractivity contribution in [2.45, 2.75) is 33.7 Å². The molecule has 34 heavy (non-hydrogen) atoms. The number of ether oxygens (including phenoxy) is 1. The molecule has 1 N–H and O–H groups in total. The van der Waals surface area contributed by atoms with Crippen LogP contribution >= 0.6 is 11.3 Å². The number of esters is 1. The third-order valence-electron chi connectivity index (χ3n) is 5.61. The van der Waals surface area contributed by atoms with Gasteiger partial charge in [-0.1, -0.05) is 71.0 Å². The number of amides is 1. The van der Waals surface area contributed by atoms with Gasteiger partial charge in [-0.15, -0.1) is 0 Å². The third kappa shape index (κ3) is 4.12. The Labute approximate surface area is 201 Å². The van der Waals surface area contributed by atoms with Gasteiger partial charge in [-0.2, -0.15) is 0 Å². The maximum absolute atomic E-state index is 13.3. The summed E-state index contributed by atoms with van der Waals surface area (Å²) in [5.74, 6) is -2.42. The lowest BCUT2D eigenvalue weighted by atomic mass is 9.94. The molecule has 1 amide bonds. The number of benzene rings is 2. The second-order valence-electron chi connectivity index (χ2n) is 8.08. The average Bonchev–Trinajstić information content (AvgIpc) is 3.31. The van der Waals surface area contributed by atoms with E-state index in [2.05, 4.69) is 4.98 Å². The van der Waals surface area contributed by atoms with Crippen LogP contribution in [-0.4, -0.2) is 34.4 Å². The number of aliphatic hydroxyl groups excluding tert-OH is 1. The first-order valence-electron chi connectivity index (χ1n) is 10.8. The van der Waals surface area contributed by atoms with E-state index in [-0.39, 0.29) is 27.9 Å². The van der Waals surface area contributed by atoms with E-state index in [1.165, 1.54) is 4.90 Å². The fraction of sp³-hybridized carbons (Fsp3) is 0.231. The zero-order valence-corrected chi connectivity index (χ0v) is 20.1. The van der Waals surface area contributed by atoms with Gasteiger partial charge in [0.15, 0.2) is 5.13 Å². The van der Waals surface area contributed by atoms with Gasteiger partial charge in [-0.05, 0) is 33.3 Å². The number of hydrogen-bond acceptors (Lipinski definition) is 7. The van der Waals surface area contributed by atoms with Gasteiger partial charge in [0.25, 0.3) is 5.78 Å². The lowest BCUT2D eigenvalue weighted by Gasteiger charge is -2.23. The summed E-state index contributed by atoms with van der Waals surface area (Å²) in [5, 5.41) is 11.3. The summed E-state index contributed by atoms with van der Waals surface area (Å²) in [6, 6.07) is 13.5. The van der Waals surface area contributed by atoms with E-state index in [0.717, 1.165) is 22.5 Å². The number of carbonyl (C=O) groups is 3. The number of thiazole rings is 1. The molecule has 2 heterocycles. The molecule has 3 aromatic rings. The molecule has 1 aromatic heterocycles. The Morgan fingerprint density at radius 1 is 1.03 bits per heavy atom. The number of ketones is 1. The first-order valence-corrected chi connectivity index (χ1v) is 11.6. The van der Waals surface area contributed by atoms with E-state index in [0.29, 0.717) is 16.8 Å². The number of Topliss-reactive ketones (excluding diaryl/α,β-unsaturated/α-hetero) is 1. The highest BCUT2D eigenvalue weighted by Crippen LogP contribution is 2.44. The SMILES string of the molecule is CCOC(=O)c1sc(N2C(=O)C(=O)/C(=C(/O)c3ccc(C)cc3)C2c2ccc(C)cc2)nc1C. The number of rotatable bonds is 5. The summed E-state index contributed by atoms with van der Waals surface area (Å²) in [7, 11) is 0. The molecule has 0 bridgehead atoms. The number of aliphatic hydroxyl groups is 1. The minimum atomic E-state index is -0.900. The van der Waals surface area contributed by atoms with Crippen molar-refractivity contribution in [1.82, 2.24) is 4.98 Å². The van der Waals surface area contributed by atoms with E-state index < -0.39 is 23.7 Å². The molecule has 0 saturated carbocycles. The zero-order valence-electron chi connectivity index (χ0n) is 19.3. The molecule has 1 saturated heterocycles. The van der Waals surface area contributed by atoms with Gasteiger partial charge < -0.3 is 9.84 Å². The Bertz CT molecular complexity index is 1310. The zero-order chi connectivity index (χ0) is 24.6. The number of hydrogen-bond donors (Lipinski definition) is 1. The quantitative estimate of drug-likeness (QED) is 0.244. The van der Waals surface area contributed by atoms with Crippen LogP contribution < -0.4 is 4.90 Å². The number of carbonyl (C=O) groups excluding carboxylic acids is 3. The van der Waals surface area contributed by atoms with Crippen molar-refractivity contribution in [2.24, 2.45) is 0 Å². The molecule has 174 valence electrons. The van der Waals surface area contributed by atoms with Crippen LogP contribution in [0.2, 0.25) is 0 Å². The molecule has 1 aliphatic rings.